The van der Waals surface area contributed by atoms with Crippen molar-refractivity contribution in [1.29, 1.82) is 0 Å². The summed E-state index contributed by atoms with van der Waals surface area (Å²) in [6.07, 6.45) is -0.934. The first-order valence-corrected chi connectivity index (χ1v) is 11.5. The van der Waals surface area contributed by atoms with Gasteiger partial charge in [0, 0.05) is 40.3 Å². The molecular formula is C23H32N6O6. The third-order valence-electron chi connectivity index (χ3n) is 6.06. The Bertz CT molecular complexity index is 1260. The summed E-state index contributed by atoms with van der Waals surface area (Å²) < 4.78 is 20.2. The maximum Gasteiger partial charge on any atom is 0.332 e. The van der Waals surface area contributed by atoms with E-state index in [-0.39, 0.29) is 24.3 Å². The summed E-state index contributed by atoms with van der Waals surface area (Å²) in [5, 5.41) is 14.0. The van der Waals surface area contributed by atoms with E-state index in [4.69, 9.17) is 14.2 Å². The minimum Gasteiger partial charge on any atom is -0.497 e. The zero-order valence-electron chi connectivity index (χ0n) is 20.3. The molecule has 35 heavy (non-hydrogen) atoms. The number of hydrogen-bond donors (Lipinski definition) is 2. The van der Waals surface area contributed by atoms with Gasteiger partial charge in [-0.2, -0.15) is 4.98 Å². The fraction of sp³-hybridized carbons (Fsp3) is 0.522. The summed E-state index contributed by atoms with van der Waals surface area (Å²) in [7, 11) is 4.58. The lowest BCUT2D eigenvalue weighted by atomic mass is 10.3. The lowest BCUT2D eigenvalue weighted by molar-refractivity contribution is 0.0398. The highest BCUT2D eigenvalue weighted by Crippen LogP contribution is 2.19. The third kappa shape index (κ3) is 5.50. The van der Waals surface area contributed by atoms with Crippen LogP contribution >= 0.6 is 0 Å². The van der Waals surface area contributed by atoms with Crippen molar-refractivity contribution in [2.45, 2.75) is 12.6 Å². The fourth-order valence-corrected chi connectivity index (χ4v) is 4.04. The number of rotatable bonds is 10. The van der Waals surface area contributed by atoms with E-state index < -0.39 is 17.4 Å². The minimum absolute atomic E-state index is 0.00526. The first kappa shape index (κ1) is 24.8. The number of fused-ring (bicyclic) bond motifs is 1. The van der Waals surface area contributed by atoms with Crippen molar-refractivity contribution in [2.24, 2.45) is 14.1 Å². The van der Waals surface area contributed by atoms with Crippen LogP contribution < -0.4 is 26.0 Å². The van der Waals surface area contributed by atoms with Crippen molar-refractivity contribution in [3.8, 4) is 11.5 Å². The van der Waals surface area contributed by atoms with E-state index in [0.717, 1.165) is 24.2 Å². The number of aryl methyl sites for hydroxylation is 1. The summed E-state index contributed by atoms with van der Waals surface area (Å²) in [6, 6.07) is 7.04. The second-order valence-corrected chi connectivity index (χ2v) is 8.45. The van der Waals surface area contributed by atoms with E-state index in [1.54, 1.807) is 43.0 Å². The molecule has 0 bridgehead atoms. The van der Waals surface area contributed by atoms with E-state index in [1.165, 1.54) is 11.6 Å². The average molecular weight is 489 g/mol. The number of aliphatic hydroxyl groups excluding tert-OH is 1. The fourth-order valence-electron chi connectivity index (χ4n) is 4.04. The maximum absolute atomic E-state index is 13.0. The molecule has 0 radical (unpaired) electrons. The Morgan fingerprint density at radius 2 is 1.80 bits per heavy atom. The molecule has 0 saturated carbocycles. The SMILES string of the molecule is COc1ccc(OC[C@@H](O)Cn2c(NCCN3CCOCC3)nc3c2c(=O)n(C)c(=O)n3C)cc1. The second-order valence-electron chi connectivity index (χ2n) is 8.45. The monoisotopic (exact) mass is 488 g/mol. The van der Waals surface area contributed by atoms with E-state index in [0.29, 0.717) is 37.2 Å². The number of nitrogens with zero attached hydrogens (tertiary/aromatic N) is 5. The van der Waals surface area contributed by atoms with Gasteiger partial charge in [0.2, 0.25) is 5.95 Å². The van der Waals surface area contributed by atoms with Crippen LogP contribution in [0.4, 0.5) is 5.95 Å². The Labute approximate surface area is 202 Å². The summed E-state index contributed by atoms with van der Waals surface area (Å²) in [5.41, 5.74) is -0.433. The Morgan fingerprint density at radius 1 is 1.11 bits per heavy atom. The predicted octanol–water partition coefficient (Wildman–Crippen LogP) is -0.374. The third-order valence-corrected chi connectivity index (χ3v) is 6.06. The van der Waals surface area contributed by atoms with Gasteiger partial charge in [-0.1, -0.05) is 0 Å². The van der Waals surface area contributed by atoms with E-state index in [2.05, 4.69) is 15.2 Å². The summed E-state index contributed by atoms with van der Waals surface area (Å²) in [4.78, 5) is 32.2. The molecule has 190 valence electrons. The summed E-state index contributed by atoms with van der Waals surface area (Å²) >= 11 is 0. The van der Waals surface area contributed by atoms with E-state index in [1.807, 2.05) is 0 Å². The number of morpholine rings is 1. The molecule has 1 saturated heterocycles. The number of aliphatic hydroxyl groups is 1. The average Bonchev–Trinajstić information content (AvgIpc) is 3.24. The number of benzene rings is 1. The van der Waals surface area contributed by atoms with Crippen LogP contribution in [0, 0.1) is 0 Å². The Balaban J connectivity index is 1.54. The lowest BCUT2D eigenvalue weighted by Gasteiger charge is -2.26. The second kappa shape index (κ2) is 10.9. The molecule has 1 aromatic carbocycles. The van der Waals surface area contributed by atoms with Gasteiger partial charge >= 0.3 is 5.69 Å². The largest absolute Gasteiger partial charge is 0.497 e. The standard InChI is InChI=1S/C23H32N6O6/c1-26-20-19(21(31)27(2)23(26)32)29(22(25-20)24-8-9-28-10-12-34-13-11-28)14-16(30)15-35-18-6-4-17(33-3)5-7-18/h4-7,16,30H,8-15H2,1-3H3,(H,24,25)/t16-/m0/s1. The van der Waals surface area contributed by atoms with Gasteiger partial charge in [0.05, 0.1) is 26.9 Å². The number of imidazole rings is 1. The normalized spacial score (nSPS) is 15.3. The lowest BCUT2D eigenvalue weighted by Crippen LogP contribution is -2.39. The molecule has 1 aliphatic heterocycles. The highest BCUT2D eigenvalue weighted by Gasteiger charge is 2.21. The number of nitrogens with one attached hydrogen (secondary N) is 1. The van der Waals surface area contributed by atoms with Crippen LogP contribution in [0.5, 0.6) is 11.5 Å². The van der Waals surface area contributed by atoms with Gasteiger partial charge in [-0.25, -0.2) is 4.79 Å². The molecule has 12 heteroatoms. The molecule has 12 nitrogen and oxygen atoms in total. The summed E-state index contributed by atoms with van der Waals surface area (Å²) in [5.74, 6) is 1.70. The number of aromatic nitrogens is 4. The maximum atomic E-state index is 13.0. The quantitative estimate of drug-likeness (QED) is 0.393. The molecule has 1 atom stereocenters. The number of ether oxygens (including phenoxy) is 3. The molecule has 0 spiro atoms. The van der Waals surface area contributed by atoms with Gasteiger partial charge in [-0.05, 0) is 24.3 Å². The molecule has 1 aliphatic rings. The number of methoxy groups -OCH3 is 1. The topological polar surface area (TPSA) is 125 Å². The summed E-state index contributed by atoms with van der Waals surface area (Å²) in [6.45, 7) is 4.53. The van der Waals surface area contributed by atoms with Gasteiger partial charge in [0.15, 0.2) is 11.2 Å². The van der Waals surface area contributed by atoms with Crippen LogP contribution in [-0.4, -0.2) is 87.9 Å². The van der Waals surface area contributed by atoms with Gasteiger partial charge in [0.25, 0.3) is 5.56 Å². The molecule has 0 amide bonds. The van der Waals surface area contributed by atoms with Crippen molar-refractivity contribution in [3.05, 3.63) is 45.1 Å². The first-order valence-electron chi connectivity index (χ1n) is 11.5. The molecule has 3 aromatic rings. The predicted molar refractivity (Wildman–Crippen MR) is 130 cm³/mol. The minimum atomic E-state index is -0.934. The van der Waals surface area contributed by atoms with Crippen molar-refractivity contribution in [2.75, 3.05) is 58.4 Å². The molecular weight excluding hydrogens is 456 g/mol. The molecule has 0 unspecified atom stereocenters. The van der Waals surface area contributed by atoms with Crippen molar-refractivity contribution in [3.63, 3.8) is 0 Å². The highest BCUT2D eigenvalue weighted by atomic mass is 16.5. The van der Waals surface area contributed by atoms with Gasteiger partial charge in [-0.15, -0.1) is 0 Å². The van der Waals surface area contributed by atoms with Crippen LogP contribution in [0.25, 0.3) is 11.2 Å². The van der Waals surface area contributed by atoms with Gasteiger partial charge in [-0.3, -0.25) is 18.8 Å². The number of hydrogen-bond acceptors (Lipinski definition) is 9. The molecule has 2 N–H and O–H groups in total. The van der Waals surface area contributed by atoms with Crippen LogP contribution in [0.2, 0.25) is 0 Å². The van der Waals surface area contributed by atoms with Crippen molar-refractivity contribution >= 4 is 17.1 Å². The van der Waals surface area contributed by atoms with Crippen LogP contribution in [-0.2, 0) is 25.4 Å². The molecule has 2 aromatic heterocycles. The first-order chi connectivity index (χ1) is 16.9. The Hall–Kier alpha value is -3.35. The zero-order valence-corrected chi connectivity index (χ0v) is 20.3. The molecule has 3 heterocycles. The van der Waals surface area contributed by atoms with E-state index >= 15 is 0 Å². The van der Waals surface area contributed by atoms with E-state index in [9.17, 15) is 14.7 Å². The van der Waals surface area contributed by atoms with Crippen LogP contribution in [0.1, 0.15) is 0 Å². The van der Waals surface area contributed by atoms with Crippen LogP contribution in [0.15, 0.2) is 33.9 Å². The number of anilines is 1. The highest BCUT2D eigenvalue weighted by molar-refractivity contribution is 5.74. The smallest absolute Gasteiger partial charge is 0.332 e. The molecule has 4 rings (SSSR count). The van der Waals surface area contributed by atoms with Crippen LogP contribution in [0.3, 0.4) is 0 Å². The van der Waals surface area contributed by atoms with Gasteiger partial charge in [0.1, 0.15) is 24.2 Å². The molecule has 1 fully saturated rings. The van der Waals surface area contributed by atoms with Crippen molar-refractivity contribution in [1.82, 2.24) is 23.6 Å². The van der Waals surface area contributed by atoms with Crippen molar-refractivity contribution < 1.29 is 19.3 Å². The molecule has 0 aliphatic carbocycles. The zero-order chi connectivity index (χ0) is 24.9. The Kier molecular flexibility index (Phi) is 7.73. The Morgan fingerprint density at radius 3 is 2.49 bits per heavy atom. The van der Waals surface area contributed by atoms with Gasteiger partial charge < -0.3 is 29.2 Å².